The average Bonchev–Trinajstić information content (AvgIpc) is 2.14. The van der Waals surface area contributed by atoms with E-state index in [1.807, 2.05) is 0 Å². The summed E-state index contributed by atoms with van der Waals surface area (Å²) < 4.78 is 0. The van der Waals surface area contributed by atoms with E-state index in [2.05, 4.69) is 19.2 Å². The zero-order chi connectivity index (χ0) is 11.0. The van der Waals surface area contributed by atoms with Gasteiger partial charge in [0.1, 0.15) is 0 Å². The minimum absolute atomic E-state index is 0.0922. The number of carbonyl (C=O) groups excluding carboxylic acids is 1. The summed E-state index contributed by atoms with van der Waals surface area (Å²) in [5, 5.41) is 11.8. The molecule has 3 heteroatoms. The molecular weight excluding hydrogens is 178 g/mol. The third kappa shape index (κ3) is 5.97. The fourth-order valence-corrected chi connectivity index (χ4v) is 1.50. The summed E-state index contributed by atoms with van der Waals surface area (Å²) in [5.74, 6) is 0.221. The monoisotopic (exact) mass is 201 g/mol. The van der Waals surface area contributed by atoms with Crippen molar-refractivity contribution in [2.75, 3.05) is 6.54 Å². The van der Waals surface area contributed by atoms with Crippen molar-refractivity contribution < 1.29 is 9.90 Å². The van der Waals surface area contributed by atoms with E-state index in [1.54, 1.807) is 6.92 Å². The molecule has 0 heterocycles. The van der Waals surface area contributed by atoms with Crippen molar-refractivity contribution in [2.24, 2.45) is 5.92 Å². The van der Waals surface area contributed by atoms with Crippen LogP contribution in [0.15, 0.2) is 0 Å². The highest BCUT2D eigenvalue weighted by atomic mass is 16.3. The lowest BCUT2D eigenvalue weighted by Gasteiger charge is -2.15. The van der Waals surface area contributed by atoms with Crippen molar-refractivity contribution in [1.29, 1.82) is 0 Å². The lowest BCUT2D eigenvalue weighted by molar-refractivity contribution is -0.125. The summed E-state index contributed by atoms with van der Waals surface area (Å²) in [4.78, 5) is 11.6. The predicted octanol–water partition coefficient (Wildman–Crippen LogP) is 1.70. The molecule has 1 atom stereocenters. The number of hydrogen-bond donors (Lipinski definition) is 2. The lowest BCUT2D eigenvalue weighted by Crippen LogP contribution is -2.35. The van der Waals surface area contributed by atoms with Gasteiger partial charge >= 0.3 is 0 Å². The largest absolute Gasteiger partial charge is 0.392 e. The fourth-order valence-electron chi connectivity index (χ4n) is 1.50. The van der Waals surface area contributed by atoms with Gasteiger partial charge in [0, 0.05) is 12.5 Å². The van der Waals surface area contributed by atoms with Crippen LogP contribution in [0.5, 0.6) is 0 Å². The summed E-state index contributed by atoms with van der Waals surface area (Å²) in [7, 11) is 0. The molecule has 0 fully saturated rings. The van der Waals surface area contributed by atoms with Crippen molar-refractivity contribution in [2.45, 2.75) is 52.6 Å². The molecule has 1 amide bonds. The molecule has 0 bridgehead atoms. The molecule has 0 aromatic rings. The molecule has 2 N–H and O–H groups in total. The molecule has 0 aliphatic rings. The number of amides is 1. The van der Waals surface area contributed by atoms with Crippen molar-refractivity contribution >= 4 is 5.91 Å². The van der Waals surface area contributed by atoms with E-state index < -0.39 is 6.10 Å². The number of hydrogen-bond acceptors (Lipinski definition) is 2. The van der Waals surface area contributed by atoms with Crippen LogP contribution in [0.1, 0.15) is 46.5 Å². The molecule has 0 aromatic carbocycles. The maximum absolute atomic E-state index is 11.6. The van der Waals surface area contributed by atoms with Gasteiger partial charge < -0.3 is 10.4 Å². The molecule has 0 aromatic heterocycles. The lowest BCUT2D eigenvalue weighted by atomic mass is 9.97. The second-order valence-corrected chi connectivity index (χ2v) is 3.87. The van der Waals surface area contributed by atoms with E-state index in [0.717, 1.165) is 25.7 Å². The van der Waals surface area contributed by atoms with Gasteiger partial charge in [-0.05, 0) is 19.8 Å². The molecule has 14 heavy (non-hydrogen) atoms. The Bertz CT molecular complexity index is 151. The first-order valence-electron chi connectivity index (χ1n) is 5.57. The molecule has 0 saturated carbocycles. The maximum atomic E-state index is 11.6. The number of carbonyl (C=O) groups is 1. The van der Waals surface area contributed by atoms with Crippen molar-refractivity contribution in [3.05, 3.63) is 0 Å². The summed E-state index contributed by atoms with van der Waals surface area (Å²) in [6.45, 7) is 6.22. The van der Waals surface area contributed by atoms with Gasteiger partial charge in [-0.15, -0.1) is 0 Å². The topological polar surface area (TPSA) is 49.3 Å². The van der Waals surface area contributed by atoms with Gasteiger partial charge in [0.05, 0.1) is 6.10 Å². The molecular formula is C11H23NO2. The average molecular weight is 201 g/mol. The minimum atomic E-state index is -0.456. The second kappa shape index (κ2) is 7.80. The first-order valence-corrected chi connectivity index (χ1v) is 5.57. The molecule has 0 rings (SSSR count). The van der Waals surface area contributed by atoms with Gasteiger partial charge in [0.2, 0.25) is 5.91 Å². The maximum Gasteiger partial charge on any atom is 0.223 e. The SMILES string of the molecule is CCCC(CCC)C(=O)NC[C@H](C)O. The highest BCUT2D eigenvalue weighted by molar-refractivity contribution is 5.78. The summed E-state index contributed by atoms with van der Waals surface area (Å²) >= 11 is 0. The molecule has 0 spiro atoms. The van der Waals surface area contributed by atoms with Crippen LogP contribution in [0, 0.1) is 5.92 Å². The number of aliphatic hydroxyl groups is 1. The third-order valence-corrected chi connectivity index (χ3v) is 2.22. The van der Waals surface area contributed by atoms with Gasteiger partial charge in [-0.3, -0.25) is 4.79 Å². The highest BCUT2D eigenvalue weighted by Gasteiger charge is 2.16. The van der Waals surface area contributed by atoms with Crippen LogP contribution in [0.2, 0.25) is 0 Å². The molecule has 0 aliphatic carbocycles. The van der Waals surface area contributed by atoms with Gasteiger partial charge in [0.25, 0.3) is 0 Å². The van der Waals surface area contributed by atoms with Crippen LogP contribution in [0.4, 0.5) is 0 Å². The Kier molecular flexibility index (Phi) is 7.48. The van der Waals surface area contributed by atoms with Crippen LogP contribution in [-0.2, 0) is 4.79 Å². The molecule has 84 valence electrons. The number of rotatable bonds is 7. The van der Waals surface area contributed by atoms with Gasteiger partial charge in [-0.25, -0.2) is 0 Å². The second-order valence-electron chi connectivity index (χ2n) is 3.87. The zero-order valence-corrected chi connectivity index (χ0v) is 9.55. The predicted molar refractivity (Wildman–Crippen MR) is 58.0 cm³/mol. The Morgan fingerprint density at radius 3 is 2.14 bits per heavy atom. The Hall–Kier alpha value is -0.570. The standard InChI is InChI=1S/C11H23NO2/c1-4-6-10(7-5-2)11(14)12-8-9(3)13/h9-10,13H,4-8H2,1-3H3,(H,12,14)/t9-/m0/s1. The quantitative estimate of drug-likeness (QED) is 0.658. The van der Waals surface area contributed by atoms with E-state index in [0.29, 0.717) is 6.54 Å². The van der Waals surface area contributed by atoms with Crippen molar-refractivity contribution in [3.8, 4) is 0 Å². The zero-order valence-electron chi connectivity index (χ0n) is 9.55. The summed E-state index contributed by atoms with van der Waals surface area (Å²) in [6, 6.07) is 0. The van der Waals surface area contributed by atoms with Gasteiger partial charge in [-0.1, -0.05) is 26.7 Å². The van der Waals surface area contributed by atoms with E-state index in [-0.39, 0.29) is 11.8 Å². The van der Waals surface area contributed by atoms with Crippen LogP contribution in [-0.4, -0.2) is 23.7 Å². The fraction of sp³-hybridized carbons (Fsp3) is 0.909. The Balaban J connectivity index is 3.88. The first-order chi connectivity index (χ1) is 6.61. The van der Waals surface area contributed by atoms with Gasteiger partial charge in [0.15, 0.2) is 0 Å². The first kappa shape index (κ1) is 13.4. The normalized spacial score (nSPS) is 12.9. The van der Waals surface area contributed by atoms with Crippen molar-refractivity contribution in [3.63, 3.8) is 0 Å². The molecule has 3 nitrogen and oxygen atoms in total. The van der Waals surface area contributed by atoms with E-state index >= 15 is 0 Å². The molecule has 0 radical (unpaired) electrons. The van der Waals surface area contributed by atoms with Gasteiger partial charge in [-0.2, -0.15) is 0 Å². The number of aliphatic hydroxyl groups excluding tert-OH is 1. The number of nitrogens with one attached hydrogen (secondary N) is 1. The smallest absolute Gasteiger partial charge is 0.223 e. The molecule has 0 aliphatic heterocycles. The van der Waals surface area contributed by atoms with Crippen LogP contribution in [0.25, 0.3) is 0 Å². The summed E-state index contributed by atoms with van der Waals surface area (Å²) in [6.07, 6.45) is 3.50. The summed E-state index contributed by atoms with van der Waals surface area (Å²) in [5.41, 5.74) is 0. The third-order valence-electron chi connectivity index (χ3n) is 2.22. The van der Waals surface area contributed by atoms with Crippen LogP contribution < -0.4 is 5.32 Å². The minimum Gasteiger partial charge on any atom is -0.392 e. The van der Waals surface area contributed by atoms with E-state index in [9.17, 15) is 4.79 Å². The van der Waals surface area contributed by atoms with Crippen molar-refractivity contribution in [1.82, 2.24) is 5.32 Å². The molecule has 0 saturated heterocycles. The van der Waals surface area contributed by atoms with Crippen LogP contribution in [0.3, 0.4) is 0 Å². The molecule has 0 unspecified atom stereocenters. The van der Waals surface area contributed by atoms with E-state index in [4.69, 9.17) is 5.11 Å². The van der Waals surface area contributed by atoms with Crippen LogP contribution >= 0.6 is 0 Å². The Labute approximate surface area is 86.9 Å². The van der Waals surface area contributed by atoms with E-state index in [1.165, 1.54) is 0 Å². The highest BCUT2D eigenvalue weighted by Crippen LogP contribution is 2.13. The Morgan fingerprint density at radius 1 is 1.29 bits per heavy atom. The Morgan fingerprint density at radius 2 is 1.79 bits per heavy atom.